The first kappa shape index (κ1) is 15.5. The minimum Gasteiger partial charge on any atom is -0.473 e. The molecule has 0 spiro atoms. The van der Waals surface area contributed by atoms with Gasteiger partial charge in [0, 0.05) is 22.1 Å². The van der Waals surface area contributed by atoms with Gasteiger partial charge in [-0.2, -0.15) is 0 Å². The zero-order valence-electron chi connectivity index (χ0n) is 12.9. The van der Waals surface area contributed by atoms with Gasteiger partial charge in [-0.15, -0.1) is 0 Å². The van der Waals surface area contributed by atoms with Crippen LogP contribution < -0.4 is 15.4 Å². The Morgan fingerprint density at radius 3 is 3.08 bits per heavy atom. The topological polar surface area (TPSA) is 96.1 Å². The van der Waals surface area contributed by atoms with Gasteiger partial charge >= 0.3 is 0 Å². The number of hydrogen-bond acceptors (Lipinski definition) is 4. The predicted molar refractivity (Wildman–Crippen MR) is 92.9 cm³/mol. The van der Waals surface area contributed by atoms with E-state index in [0.29, 0.717) is 22.3 Å². The second-order valence-corrected chi connectivity index (χ2v) is 6.03. The number of carbonyl (C=O) groups excluding carboxylic acids is 2. The lowest BCUT2D eigenvalue weighted by Gasteiger charge is -2.13. The summed E-state index contributed by atoms with van der Waals surface area (Å²) < 4.78 is 5.51. The number of halogens is 1. The SMILES string of the molecule is O=C(NC1COc2ncccc2NC1=O)c1cc2cc(Cl)ccc2[nH]1. The third-order valence-corrected chi connectivity index (χ3v) is 4.10. The van der Waals surface area contributed by atoms with E-state index >= 15 is 0 Å². The van der Waals surface area contributed by atoms with E-state index in [1.165, 1.54) is 0 Å². The maximum absolute atomic E-state index is 12.5. The summed E-state index contributed by atoms with van der Waals surface area (Å²) in [7, 11) is 0. The van der Waals surface area contributed by atoms with Crippen LogP contribution in [0.1, 0.15) is 10.5 Å². The molecule has 1 aromatic carbocycles. The molecule has 0 bridgehead atoms. The van der Waals surface area contributed by atoms with Crippen molar-refractivity contribution in [3.05, 3.63) is 53.3 Å². The summed E-state index contributed by atoms with van der Waals surface area (Å²) in [5.74, 6) is -0.443. The lowest BCUT2D eigenvalue weighted by Crippen LogP contribution is -2.46. The Hall–Kier alpha value is -3.06. The van der Waals surface area contributed by atoms with Gasteiger partial charge < -0.3 is 20.4 Å². The highest BCUT2D eigenvalue weighted by atomic mass is 35.5. The summed E-state index contributed by atoms with van der Waals surface area (Å²) in [6, 6.07) is 9.51. The molecule has 4 rings (SSSR count). The Kier molecular flexibility index (Phi) is 3.77. The highest BCUT2D eigenvalue weighted by Gasteiger charge is 2.27. The Labute approximate surface area is 147 Å². The molecule has 2 aromatic heterocycles. The highest BCUT2D eigenvalue weighted by Crippen LogP contribution is 2.23. The first-order chi connectivity index (χ1) is 12.1. The smallest absolute Gasteiger partial charge is 0.268 e. The van der Waals surface area contributed by atoms with E-state index < -0.39 is 11.9 Å². The molecule has 1 atom stereocenters. The Bertz CT molecular complexity index is 985. The highest BCUT2D eigenvalue weighted by molar-refractivity contribution is 6.31. The summed E-state index contributed by atoms with van der Waals surface area (Å²) in [4.78, 5) is 31.8. The van der Waals surface area contributed by atoms with Crippen LogP contribution >= 0.6 is 11.6 Å². The quantitative estimate of drug-likeness (QED) is 0.656. The van der Waals surface area contributed by atoms with Crippen molar-refractivity contribution < 1.29 is 14.3 Å². The maximum atomic E-state index is 12.5. The molecular formula is C17H13ClN4O3. The molecule has 0 fully saturated rings. The van der Waals surface area contributed by atoms with Crippen molar-refractivity contribution in [1.29, 1.82) is 0 Å². The average molecular weight is 357 g/mol. The number of fused-ring (bicyclic) bond motifs is 2. The van der Waals surface area contributed by atoms with Crippen LogP contribution in [0, 0.1) is 0 Å². The van der Waals surface area contributed by atoms with Gasteiger partial charge in [0.05, 0.1) is 0 Å². The molecule has 25 heavy (non-hydrogen) atoms. The van der Waals surface area contributed by atoms with Gasteiger partial charge in [-0.25, -0.2) is 4.98 Å². The molecule has 1 unspecified atom stereocenters. The fourth-order valence-corrected chi connectivity index (χ4v) is 2.81. The first-order valence-electron chi connectivity index (χ1n) is 7.58. The van der Waals surface area contributed by atoms with Crippen LogP contribution in [0.3, 0.4) is 0 Å². The number of nitrogens with one attached hydrogen (secondary N) is 3. The molecule has 3 N–H and O–H groups in total. The van der Waals surface area contributed by atoms with Crippen LogP contribution in [0.4, 0.5) is 5.69 Å². The second-order valence-electron chi connectivity index (χ2n) is 5.60. The minimum absolute atomic E-state index is 0.00631. The predicted octanol–water partition coefficient (Wildman–Crippen LogP) is 2.35. The molecule has 3 heterocycles. The van der Waals surface area contributed by atoms with Gasteiger partial charge in [0.25, 0.3) is 11.8 Å². The molecule has 3 aromatic rings. The number of carbonyl (C=O) groups is 2. The van der Waals surface area contributed by atoms with E-state index in [0.717, 1.165) is 10.9 Å². The zero-order valence-corrected chi connectivity index (χ0v) is 13.6. The van der Waals surface area contributed by atoms with Crippen LogP contribution in [-0.2, 0) is 4.79 Å². The molecule has 2 amide bonds. The largest absolute Gasteiger partial charge is 0.473 e. The zero-order chi connectivity index (χ0) is 17.4. The van der Waals surface area contributed by atoms with Crippen molar-refractivity contribution in [2.45, 2.75) is 6.04 Å². The number of rotatable bonds is 2. The van der Waals surface area contributed by atoms with Crippen LogP contribution in [-0.4, -0.2) is 34.4 Å². The van der Waals surface area contributed by atoms with Crippen molar-refractivity contribution in [1.82, 2.24) is 15.3 Å². The van der Waals surface area contributed by atoms with Crippen LogP contribution in [0.15, 0.2) is 42.6 Å². The number of amides is 2. The van der Waals surface area contributed by atoms with Crippen LogP contribution in [0.5, 0.6) is 5.88 Å². The number of H-pyrrole nitrogens is 1. The number of benzene rings is 1. The van der Waals surface area contributed by atoms with Crippen LogP contribution in [0.25, 0.3) is 10.9 Å². The van der Waals surface area contributed by atoms with Crippen molar-refractivity contribution in [2.24, 2.45) is 0 Å². The summed E-state index contributed by atoms with van der Waals surface area (Å²) >= 11 is 5.95. The fourth-order valence-electron chi connectivity index (χ4n) is 2.63. The van der Waals surface area contributed by atoms with E-state index in [1.807, 2.05) is 0 Å². The second kappa shape index (κ2) is 6.10. The summed E-state index contributed by atoms with van der Waals surface area (Å²) in [6.07, 6.45) is 1.57. The van der Waals surface area contributed by atoms with Gasteiger partial charge in [0.1, 0.15) is 24.0 Å². The monoisotopic (exact) mass is 356 g/mol. The first-order valence-corrected chi connectivity index (χ1v) is 7.96. The normalized spacial score (nSPS) is 16.5. The number of aromatic nitrogens is 2. The number of anilines is 1. The molecule has 0 aliphatic carbocycles. The average Bonchev–Trinajstić information content (AvgIpc) is 2.95. The lowest BCUT2D eigenvalue weighted by molar-refractivity contribution is -0.118. The maximum Gasteiger partial charge on any atom is 0.268 e. The van der Waals surface area contributed by atoms with Crippen molar-refractivity contribution in [2.75, 3.05) is 11.9 Å². The van der Waals surface area contributed by atoms with Crippen molar-refractivity contribution in [3.8, 4) is 5.88 Å². The Balaban J connectivity index is 1.53. The third-order valence-electron chi connectivity index (χ3n) is 3.86. The Morgan fingerprint density at radius 2 is 2.20 bits per heavy atom. The Morgan fingerprint density at radius 1 is 1.32 bits per heavy atom. The molecular weight excluding hydrogens is 344 g/mol. The molecule has 0 radical (unpaired) electrons. The van der Waals surface area contributed by atoms with Gasteiger partial charge in [-0.05, 0) is 36.4 Å². The third kappa shape index (κ3) is 3.01. The number of hydrogen-bond donors (Lipinski definition) is 3. The lowest BCUT2D eigenvalue weighted by atomic mass is 10.2. The summed E-state index contributed by atoms with van der Waals surface area (Å²) in [5.41, 5.74) is 1.60. The minimum atomic E-state index is -0.836. The number of aromatic amines is 1. The van der Waals surface area contributed by atoms with Gasteiger partial charge in [-0.3, -0.25) is 9.59 Å². The van der Waals surface area contributed by atoms with Crippen molar-refractivity contribution in [3.63, 3.8) is 0 Å². The van der Waals surface area contributed by atoms with Gasteiger partial charge in [0.2, 0.25) is 5.88 Å². The molecule has 126 valence electrons. The molecule has 0 saturated heterocycles. The molecule has 1 aliphatic heterocycles. The molecule has 0 saturated carbocycles. The summed E-state index contributed by atoms with van der Waals surface area (Å²) in [6.45, 7) is -0.00631. The van der Waals surface area contributed by atoms with E-state index in [1.54, 1.807) is 42.6 Å². The molecule has 1 aliphatic rings. The molecule has 7 nitrogen and oxygen atoms in total. The number of ether oxygens (including phenoxy) is 1. The van der Waals surface area contributed by atoms with Gasteiger partial charge in [0.15, 0.2) is 0 Å². The number of nitrogens with zero attached hydrogens (tertiary/aromatic N) is 1. The van der Waals surface area contributed by atoms with Crippen LogP contribution in [0.2, 0.25) is 5.02 Å². The van der Waals surface area contributed by atoms with E-state index in [-0.39, 0.29) is 12.5 Å². The van der Waals surface area contributed by atoms with Crippen molar-refractivity contribution >= 4 is 40.0 Å². The van der Waals surface area contributed by atoms with Gasteiger partial charge in [-0.1, -0.05) is 11.6 Å². The summed E-state index contributed by atoms with van der Waals surface area (Å²) in [5, 5.41) is 6.76. The molecule has 8 heteroatoms. The standard InChI is InChI=1S/C17H13ClN4O3/c18-10-3-4-11-9(6-10)7-13(20-11)15(23)22-14-8-25-17-12(21-16(14)24)2-1-5-19-17/h1-7,14,20H,8H2,(H,21,24)(H,22,23). The van der Waals surface area contributed by atoms with E-state index in [4.69, 9.17) is 16.3 Å². The van der Waals surface area contributed by atoms with E-state index in [2.05, 4.69) is 20.6 Å². The van der Waals surface area contributed by atoms with E-state index in [9.17, 15) is 9.59 Å². The fraction of sp³-hybridized carbons (Fsp3) is 0.118. The number of pyridine rings is 1.